The summed E-state index contributed by atoms with van der Waals surface area (Å²) in [6, 6.07) is 7.50. The molecule has 0 radical (unpaired) electrons. The van der Waals surface area contributed by atoms with Crippen molar-refractivity contribution in [2.24, 2.45) is 11.0 Å². The van der Waals surface area contributed by atoms with Crippen LogP contribution in [0.15, 0.2) is 29.4 Å². The Morgan fingerprint density at radius 3 is 2.68 bits per heavy atom. The first-order valence-electron chi connectivity index (χ1n) is 6.98. The number of amides is 2. The third-order valence-corrected chi connectivity index (χ3v) is 4.71. The van der Waals surface area contributed by atoms with Gasteiger partial charge in [0.25, 0.3) is 11.8 Å². The molecule has 0 unspecified atom stereocenters. The van der Waals surface area contributed by atoms with E-state index in [1.165, 1.54) is 16.8 Å². The van der Waals surface area contributed by atoms with Crippen molar-refractivity contribution in [3.63, 3.8) is 0 Å². The lowest BCUT2D eigenvalue weighted by Crippen LogP contribution is -2.35. The van der Waals surface area contributed by atoms with Crippen LogP contribution in [0, 0.1) is 5.92 Å². The fourth-order valence-electron chi connectivity index (χ4n) is 2.45. The number of hydrazone groups is 1. The van der Waals surface area contributed by atoms with Crippen molar-refractivity contribution >= 4 is 51.5 Å². The van der Waals surface area contributed by atoms with Gasteiger partial charge in [0.1, 0.15) is 0 Å². The molecule has 0 aromatic heterocycles. The van der Waals surface area contributed by atoms with Crippen LogP contribution in [0.3, 0.4) is 0 Å². The van der Waals surface area contributed by atoms with E-state index in [0.29, 0.717) is 16.8 Å². The van der Waals surface area contributed by atoms with E-state index in [4.69, 9.17) is 12.2 Å². The van der Waals surface area contributed by atoms with Gasteiger partial charge in [-0.05, 0) is 12.0 Å². The Bertz CT molecular complexity index is 684. The largest absolute Gasteiger partial charge is 0.306 e. The minimum Gasteiger partial charge on any atom is -0.306 e. The Balaban J connectivity index is 2.04. The van der Waals surface area contributed by atoms with E-state index >= 15 is 0 Å². The highest BCUT2D eigenvalue weighted by atomic mass is 32.2. The monoisotopic (exact) mass is 333 g/mol. The predicted molar refractivity (Wildman–Crippen MR) is 92.1 cm³/mol. The zero-order chi connectivity index (χ0) is 15.9. The van der Waals surface area contributed by atoms with Crippen molar-refractivity contribution in [1.82, 2.24) is 5.01 Å². The fourth-order valence-corrected chi connectivity index (χ4v) is 3.40. The number of thioether (sulfide) groups is 1. The molecular formula is C15H15N3O2S2. The number of nitrogens with zero attached hydrogens (tertiary/aromatic N) is 3. The molecule has 2 aliphatic heterocycles. The normalized spacial score (nSPS) is 19.8. The molecule has 1 saturated heterocycles. The summed E-state index contributed by atoms with van der Waals surface area (Å²) in [6.07, 6.45) is 0. The van der Waals surface area contributed by atoms with Crippen LogP contribution in [0.25, 0.3) is 0 Å². The molecule has 2 aliphatic rings. The molecule has 114 valence electrons. The number of fused-ring (bicyclic) bond motifs is 1. The molecule has 5 nitrogen and oxygen atoms in total. The van der Waals surface area contributed by atoms with E-state index in [1.807, 2.05) is 24.3 Å². The standard InChI is InChI=1S/C15H15N3O2S2/c1-9(2)7-17-11-6-4-3-5-10(11)13(14(17)20)16-18-12(19)8-22-15(18)21/h3-6,9H,7-8H2,1-2H3. The maximum Gasteiger partial charge on any atom is 0.279 e. The summed E-state index contributed by atoms with van der Waals surface area (Å²) in [6.45, 7) is 4.73. The molecule has 0 spiro atoms. The SMILES string of the molecule is CC(C)CN1C(=O)C(=NN2C(=O)CSC2=S)c2ccccc21. The summed E-state index contributed by atoms with van der Waals surface area (Å²) in [5, 5.41) is 5.43. The lowest BCUT2D eigenvalue weighted by Gasteiger charge is -2.19. The van der Waals surface area contributed by atoms with E-state index < -0.39 is 0 Å². The first kappa shape index (κ1) is 15.2. The molecule has 0 saturated carbocycles. The van der Waals surface area contributed by atoms with Gasteiger partial charge in [-0.25, -0.2) is 0 Å². The van der Waals surface area contributed by atoms with Crippen molar-refractivity contribution in [3.8, 4) is 0 Å². The number of rotatable bonds is 3. The van der Waals surface area contributed by atoms with Crippen LogP contribution >= 0.6 is 24.0 Å². The summed E-state index contributed by atoms with van der Waals surface area (Å²) >= 11 is 6.39. The Kier molecular flexibility index (Phi) is 4.01. The van der Waals surface area contributed by atoms with Gasteiger partial charge in [-0.15, -0.1) is 0 Å². The quantitative estimate of drug-likeness (QED) is 0.796. The summed E-state index contributed by atoms with van der Waals surface area (Å²) in [4.78, 5) is 26.3. The molecule has 1 aromatic rings. The smallest absolute Gasteiger partial charge is 0.279 e. The summed E-state index contributed by atoms with van der Waals surface area (Å²) in [7, 11) is 0. The molecule has 7 heteroatoms. The van der Waals surface area contributed by atoms with Crippen LogP contribution in [0.4, 0.5) is 5.69 Å². The number of thiocarbonyl (C=S) groups is 1. The van der Waals surface area contributed by atoms with Gasteiger partial charge in [-0.3, -0.25) is 9.59 Å². The third-order valence-electron chi connectivity index (χ3n) is 3.37. The molecule has 0 bridgehead atoms. The van der Waals surface area contributed by atoms with E-state index in [-0.39, 0.29) is 23.3 Å². The lowest BCUT2D eigenvalue weighted by atomic mass is 10.1. The van der Waals surface area contributed by atoms with Crippen molar-refractivity contribution in [1.29, 1.82) is 0 Å². The fraction of sp³-hybridized carbons (Fsp3) is 0.333. The first-order valence-corrected chi connectivity index (χ1v) is 8.38. The second-order valence-electron chi connectivity index (χ2n) is 5.54. The van der Waals surface area contributed by atoms with Gasteiger partial charge in [-0.1, -0.05) is 56.0 Å². The van der Waals surface area contributed by atoms with Gasteiger partial charge in [0, 0.05) is 12.1 Å². The second-order valence-corrected chi connectivity index (χ2v) is 7.14. The molecule has 0 N–H and O–H groups in total. The maximum absolute atomic E-state index is 12.7. The van der Waals surface area contributed by atoms with E-state index in [2.05, 4.69) is 18.9 Å². The Morgan fingerprint density at radius 1 is 1.32 bits per heavy atom. The zero-order valence-corrected chi connectivity index (χ0v) is 13.9. The van der Waals surface area contributed by atoms with Crippen LogP contribution in [0.5, 0.6) is 0 Å². The van der Waals surface area contributed by atoms with Crippen molar-refractivity contribution in [2.45, 2.75) is 13.8 Å². The predicted octanol–water partition coefficient (Wildman–Crippen LogP) is 2.25. The van der Waals surface area contributed by atoms with Gasteiger partial charge in [0.2, 0.25) is 0 Å². The summed E-state index contributed by atoms with van der Waals surface area (Å²) in [5.41, 5.74) is 1.88. The van der Waals surface area contributed by atoms with Gasteiger partial charge in [0.15, 0.2) is 10.0 Å². The van der Waals surface area contributed by atoms with Gasteiger partial charge in [0.05, 0.1) is 11.4 Å². The van der Waals surface area contributed by atoms with Crippen LogP contribution in [-0.4, -0.2) is 39.2 Å². The van der Waals surface area contributed by atoms with Gasteiger partial charge < -0.3 is 4.90 Å². The Morgan fingerprint density at radius 2 is 2.05 bits per heavy atom. The summed E-state index contributed by atoms with van der Waals surface area (Å²) in [5.74, 6) is 0.250. The minimum atomic E-state index is -0.185. The van der Waals surface area contributed by atoms with Crippen LogP contribution in [0.1, 0.15) is 19.4 Å². The first-order chi connectivity index (χ1) is 10.5. The zero-order valence-electron chi connectivity index (χ0n) is 12.3. The van der Waals surface area contributed by atoms with Crippen LogP contribution in [0.2, 0.25) is 0 Å². The van der Waals surface area contributed by atoms with Gasteiger partial charge >= 0.3 is 0 Å². The number of hydrogen-bond acceptors (Lipinski definition) is 5. The number of carbonyl (C=O) groups excluding carboxylic acids is 2. The van der Waals surface area contributed by atoms with E-state index in [1.54, 1.807) is 4.90 Å². The molecule has 2 amide bonds. The van der Waals surface area contributed by atoms with E-state index in [9.17, 15) is 9.59 Å². The second kappa shape index (κ2) is 5.81. The molecule has 0 atom stereocenters. The molecule has 22 heavy (non-hydrogen) atoms. The highest BCUT2D eigenvalue weighted by Gasteiger charge is 2.36. The van der Waals surface area contributed by atoms with Crippen LogP contribution in [-0.2, 0) is 9.59 Å². The Hall–Kier alpha value is -1.73. The Labute approximate surface area is 138 Å². The average molecular weight is 333 g/mol. The number of hydrogen-bond donors (Lipinski definition) is 0. The molecule has 1 aromatic carbocycles. The van der Waals surface area contributed by atoms with Crippen molar-refractivity contribution in [2.75, 3.05) is 17.2 Å². The minimum absolute atomic E-state index is 0.178. The average Bonchev–Trinajstić information content (AvgIpc) is 2.93. The molecule has 3 rings (SSSR count). The number of benzene rings is 1. The maximum atomic E-state index is 12.7. The number of anilines is 1. The molecule has 2 heterocycles. The molecule has 0 aliphatic carbocycles. The molecule has 1 fully saturated rings. The third kappa shape index (κ3) is 2.55. The summed E-state index contributed by atoms with van der Waals surface area (Å²) < 4.78 is 0.394. The van der Waals surface area contributed by atoms with Crippen molar-refractivity contribution < 1.29 is 9.59 Å². The topological polar surface area (TPSA) is 53.0 Å². The highest BCUT2D eigenvalue weighted by molar-refractivity contribution is 8.23. The lowest BCUT2D eigenvalue weighted by molar-refractivity contribution is -0.124. The van der Waals surface area contributed by atoms with Crippen LogP contribution < -0.4 is 4.90 Å². The van der Waals surface area contributed by atoms with E-state index in [0.717, 1.165) is 11.3 Å². The number of para-hydroxylation sites is 1. The molecular weight excluding hydrogens is 318 g/mol. The highest BCUT2D eigenvalue weighted by Crippen LogP contribution is 2.31. The van der Waals surface area contributed by atoms with Gasteiger partial charge in [-0.2, -0.15) is 10.1 Å². The number of carbonyl (C=O) groups is 2. The van der Waals surface area contributed by atoms with Crippen molar-refractivity contribution in [3.05, 3.63) is 29.8 Å².